The van der Waals surface area contributed by atoms with Crippen LogP contribution in [0.2, 0.25) is 4.34 Å². The number of thiophene rings is 1. The van der Waals surface area contributed by atoms with Crippen LogP contribution >= 0.6 is 22.9 Å². The van der Waals surface area contributed by atoms with Crippen LogP contribution in [0.25, 0.3) is 0 Å². The molecule has 1 saturated carbocycles. The zero-order valence-corrected chi connectivity index (χ0v) is 13.7. The zero-order valence-electron chi connectivity index (χ0n) is 12.1. The van der Waals surface area contributed by atoms with Gasteiger partial charge in [-0.25, -0.2) is 0 Å². The molecule has 19 heavy (non-hydrogen) atoms. The molecule has 1 fully saturated rings. The summed E-state index contributed by atoms with van der Waals surface area (Å²) in [5.74, 6) is 1.74. The summed E-state index contributed by atoms with van der Waals surface area (Å²) in [5.41, 5.74) is 0. The monoisotopic (exact) mass is 299 g/mol. The van der Waals surface area contributed by atoms with Crippen molar-refractivity contribution < 1.29 is 0 Å². The highest BCUT2D eigenvalue weighted by atomic mass is 35.5. The van der Waals surface area contributed by atoms with E-state index in [1.807, 2.05) is 6.07 Å². The van der Waals surface area contributed by atoms with Crippen molar-refractivity contribution in [1.82, 2.24) is 5.32 Å². The first-order valence-corrected chi connectivity index (χ1v) is 8.86. The lowest BCUT2D eigenvalue weighted by atomic mass is 9.77. The second-order valence-electron chi connectivity index (χ2n) is 6.00. The highest BCUT2D eigenvalue weighted by Crippen LogP contribution is 2.33. The molecule has 0 radical (unpaired) electrons. The van der Waals surface area contributed by atoms with Crippen molar-refractivity contribution in [1.29, 1.82) is 0 Å². The Bertz CT molecular complexity index is 377. The van der Waals surface area contributed by atoms with E-state index < -0.39 is 0 Å². The van der Waals surface area contributed by atoms with Crippen LogP contribution in [0.1, 0.15) is 50.8 Å². The van der Waals surface area contributed by atoms with E-state index in [0.29, 0.717) is 6.04 Å². The Balaban J connectivity index is 1.97. The van der Waals surface area contributed by atoms with Crippen molar-refractivity contribution >= 4 is 22.9 Å². The Labute approximate surface area is 126 Å². The summed E-state index contributed by atoms with van der Waals surface area (Å²) in [6.45, 7) is 5.79. The first-order chi connectivity index (χ1) is 9.19. The first-order valence-electron chi connectivity index (χ1n) is 7.66. The van der Waals surface area contributed by atoms with Gasteiger partial charge in [-0.05, 0) is 56.2 Å². The van der Waals surface area contributed by atoms with E-state index in [4.69, 9.17) is 11.6 Å². The number of hydrogen-bond donors (Lipinski definition) is 1. The van der Waals surface area contributed by atoms with Gasteiger partial charge in [-0.2, -0.15) is 0 Å². The van der Waals surface area contributed by atoms with E-state index in [-0.39, 0.29) is 0 Å². The molecule has 0 saturated heterocycles. The summed E-state index contributed by atoms with van der Waals surface area (Å²) < 4.78 is 0.918. The molecular weight excluding hydrogens is 274 g/mol. The lowest BCUT2D eigenvalue weighted by Crippen LogP contribution is -2.40. The van der Waals surface area contributed by atoms with Gasteiger partial charge in [-0.1, -0.05) is 38.3 Å². The van der Waals surface area contributed by atoms with E-state index in [2.05, 4.69) is 25.2 Å². The second kappa shape index (κ2) is 7.66. The molecule has 0 amide bonds. The maximum atomic E-state index is 6.06. The molecule has 1 N–H and O–H groups in total. The molecule has 0 aliphatic heterocycles. The van der Waals surface area contributed by atoms with Gasteiger partial charge >= 0.3 is 0 Å². The average Bonchev–Trinajstić information content (AvgIpc) is 2.80. The van der Waals surface area contributed by atoms with E-state index in [9.17, 15) is 0 Å². The minimum Gasteiger partial charge on any atom is -0.313 e. The van der Waals surface area contributed by atoms with Crippen LogP contribution in [0.3, 0.4) is 0 Å². The van der Waals surface area contributed by atoms with Gasteiger partial charge in [0.15, 0.2) is 0 Å². The minimum absolute atomic E-state index is 0.636. The van der Waals surface area contributed by atoms with Gasteiger partial charge in [0, 0.05) is 10.9 Å². The van der Waals surface area contributed by atoms with Crippen molar-refractivity contribution in [3.8, 4) is 0 Å². The van der Waals surface area contributed by atoms with E-state index in [1.54, 1.807) is 11.3 Å². The van der Waals surface area contributed by atoms with Crippen LogP contribution in [-0.2, 0) is 6.42 Å². The fraction of sp³-hybridized carbons (Fsp3) is 0.750. The Morgan fingerprint density at radius 3 is 2.89 bits per heavy atom. The fourth-order valence-electron chi connectivity index (χ4n) is 3.26. The molecular formula is C16H26ClNS. The number of halogens is 1. The molecule has 108 valence electrons. The zero-order chi connectivity index (χ0) is 13.7. The summed E-state index contributed by atoms with van der Waals surface area (Å²) in [7, 11) is 0. The molecule has 1 aliphatic carbocycles. The van der Waals surface area contributed by atoms with Gasteiger partial charge < -0.3 is 5.32 Å². The molecule has 1 aromatic heterocycles. The van der Waals surface area contributed by atoms with Crippen LogP contribution in [0, 0.1) is 11.8 Å². The lowest BCUT2D eigenvalue weighted by Gasteiger charge is -2.34. The SMILES string of the molecule is CCCNC(Cc1ccc(Cl)s1)C1CCCC(C)C1. The Hall–Kier alpha value is -0.0500. The Kier molecular flexibility index (Phi) is 6.18. The van der Waals surface area contributed by atoms with Crippen molar-refractivity contribution in [2.24, 2.45) is 11.8 Å². The molecule has 1 heterocycles. The van der Waals surface area contributed by atoms with Crippen molar-refractivity contribution in [2.45, 2.75) is 58.4 Å². The molecule has 2 rings (SSSR count). The van der Waals surface area contributed by atoms with Crippen molar-refractivity contribution in [3.63, 3.8) is 0 Å². The molecule has 1 aromatic rings. The molecule has 0 bridgehead atoms. The topological polar surface area (TPSA) is 12.0 Å². The third-order valence-corrected chi connectivity index (χ3v) is 5.51. The highest BCUT2D eigenvalue weighted by molar-refractivity contribution is 7.16. The summed E-state index contributed by atoms with van der Waals surface area (Å²) in [6.07, 6.45) is 7.97. The smallest absolute Gasteiger partial charge is 0.0931 e. The lowest BCUT2D eigenvalue weighted by molar-refractivity contribution is 0.221. The summed E-state index contributed by atoms with van der Waals surface area (Å²) >= 11 is 7.80. The maximum Gasteiger partial charge on any atom is 0.0931 e. The minimum atomic E-state index is 0.636. The summed E-state index contributed by atoms with van der Waals surface area (Å²) in [4.78, 5) is 1.43. The average molecular weight is 300 g/mol. The van der Waals surface area contributed by atoms with Crippen molar-refractivity contribution in [2.75, 3.05) is 6.54 Å². The molecule has 1 aliphatic rings. The quantitative estimate of drug-likeness (QED) is 0.767. The fourth-order valence-corrected chi connectivity index (χ4v) is 4.41. The normalized spacial score (nSPS) is 25.4. The first kappa shape index (κ1) is 15.3. The largest absolute Gasteiger partial charge is 0.313 e. The highest BCUT2D eigenvalue weighted by Gasteiger charge is 2.26. The molecule has 3 heteroatoms. The van der Waals surface area contributed by atoms with Gasteiger partial charge in [0.2, 0.25) is 0 Å². The second-order valence-corrected chi connectivity index (χ2v) is 7.80. The third-order valence-electron chi connectivity index (χ3n) is 4.25. The predicted molar refractivity (Wildman–Crippen MR) is 86.2 cm³/mol. The van der Waals surface area contributed by atoms with Crippen LogP contribution in [0.15, 0.2) is 12.1 Å². The molecule has 1 nitrogen and oxygen atoms in total. The third kappa shape index (κ3) is 4.77. The van der Waals surface area contributed by atoms with Crippen LogP contribution in [-0.4, -0.2) is 12.6 Å². The maximum absolute atomic E-state index is 6.06. The van der Waals surface area contributed by atoms with Gasteiger partial charge in [0.05, 0.1) is 4.34 Å². The van der Waals surface area contributed by atoms with E-state index >= 15 is 0 Å². The number of hydrogen-bond acceptors (Lipinski definition) is 2. The molecule has 0 aromatic carbocycles. The van der Waals surface area contributed by atoms with Crippen LogP contribution in [0.5, 0.6) is 0 Å². The van der Waals surface area contributed by atoms with Gasteiger partial charge in [0.25, 0.3) is 0 Å². The molecule has 0 spiro atoms. The molecule has 3 unspecified atom stereocenters. The Morgan fingerprint density at radius 2 is 2.26 bits per heavy atom. The number of rotatable bonds is 6. The van der Waals surface area contributed by atoms with Crippen LogP contribution < -0.4 is 5.32 Å². The summed E-state index contributed by atoms with van der Waals surface area (Å²) in [6, 6.07) is 4.86. The standard InChI is InChI=1S/C16H26ClNS/c1-3-9-18-15(11-14-7-8-16(17)19-14)13-6-4-5-12(2)10-13/h7-8,12-13,15,18H,3-6,9-11H2,1-2H3. The van der Waals surface area contributed by atoms with Gasteiger partial charge in [-0.3, -0.25) is 0 Å². The van der Waals surface area contributed by atoms with E-state index in [1.165, 1.54) is 37.0 Å². The van der Waals surface area contributed by atoms with E-state index in [0.717, 1.165) is 29.1 Å². The Morgan fingerprint density at radius 1 is 1.42 bits per heavy atom. The predicted octanol–water partition coefficient (Wildman–Crippen LogP) is 5.14. The van der Waals surface area contributed by atoms with Crippen molar-refractivity contribution in [3.05, 3.63) is 21.3 Å². The summed E-state index contributed by atoms with van der Waals surface area (Å²) in [5, 5.41) is 3.78. The van der Waals surface area contributed by atoms with Crippen LogP contribution in [0.4, 0.5) is 0 Å². The number of nitrogens with one attached hydrogen (secondary N) is 1. The molecule has 3 atom stereocenters. The van der Waals surface area contributed by atoms with Gasteiger partial charge in [0.1, 0.15) is 0 Å². The van der Waals surface area contributed by atoms with Gasteiger partial charge in [-0.15, -0.1) is 11.3 Å².